The summed E-state index contributed by atoms with van der Waals surface area (Å²) in [5.74, 6) is -1.01. The first kappa shape index (κ1) is 17.5. The van der Waals surface area contributed by atoms with Gasteiger partial charge in [-0.2, -0.15) is 0 Å². The summed E-state index contributed by atoms with van der Waals surface area (Å²) in [6, 6.07) is 19.8. The van der Waals surface area contributed by atoms with Gasteiger partial charge in [0.05, 0.1) is 30.8 Å². The molecule has 1 aromatic heterocycles. The Bertz CT molecular complexity index is 906. The lowest BCUT2D eigenvalue weighted by Gasteiger charge is -2.24. The van der Waals surface area contributed by atoms with Gasteiger partial charge < -0.3 is 14.4 Å². The second-order valence-electron chi connectivity index (χ2n) is 6.85. The van der Waals surface area contributed by atoms with Crippen LogP contribution in [-0.4, -0.2) is 26.7 Å². The highest BCUT2D eigenvalue weighted by Gasteiger charge is 2.33. The van der Waals surface area contributed by atoms with Crippen LogP contribution in [0.25, 0.3) is 11.3 Å². The van der Waals surface area contributed by atoms with Crippen LogP contribution in [0, 0.1) is 0 Å². The Hall–Kier alpha value is -2.92. The third-order valence-corrected chi connectivity index (χ3v) is 5.13. The number of hydrogen-bond donors (Lipinski definition) is 1. The number of carboxylic acid groups (broad SMARTS) is 1. The zero-order chi connectivity index (χ0) is 18.6. The van der Waals surface area contributed by atoms with Crippen LogP contribution in [-0.2, 0) is 11.3 Å². The van der Waals surface area contributed by atoms with Gasteiger partial charge in [0.25, 0.3) is 0 Å². The molecule has 1 N–H and O–H groups in total. The van der Waals surface area contributed by atoms with E-state index in [2.05, 4.69) is 17.1 Å². The molecule has 5 nitrogen and oxygen atoms in total. The van der Waals surface area contributed by atoms with Gasteiger partial charge in [0.15, 0.2) is 5.69 Å². The summed E-state index contributed by atoms with van der Waals surface area (Å²) >= 11 is 0. The number of carbonyl (C=O) groups is 1. The van der Waals surface area contributed by atoms with Crippen molar-refractivity contribution in [3.05, 3.63) is 78.2 Å². The van der Waals surface area contributed by atoms with E-state index in [4.69, 9.17) is 4.74 Å². The van der Waals surface area contributed by atoms with E-state index >= 15 is 0 Å². The number of benzene rings is 2. The molecular weight excluding hydrogens is 340 g/mol. The van der Waals surface area contributed by atoms with Crippen LogP contribution in [0.15, 0.2) is 67.0 Å². The van der Waals surface area contributed by atoms with Crippen molar-refractivity contribution in [2.24, 2.45) is 0 Å². The molecule has 1 aliphatic rings. The predicted molar refractivity (Wildman–Crippen MR) is 103 cm³/mol. The van der Waals surface area contributed by atoms with Gasteiger partial charge in [-0.1, -0.05) is 60.7 Å². The standard InChI is InChI=1S/C22H22N2O3/c25-22(26)20-21(17-10-5-2-6-11-17)24(15-23-20)18-12-7-13-19(18)27-14-16-8-3-1-4-9-16/h1-6,8-11,15,18-19H,7,12-14H2,(H,25,26)/t18-,19-/m1/s1. The fourth-order valence-corrected chi connectivity index (χ4v) is 3.85. The molecule has 2 atom stereocenters. The molecule has 1 saturated carbocycles. The molecule has 1 aliphatic carbocycles. The molecule has 0 aliphatic heterocycles. The molecule has 0 unspecified atom stereocenters. The Morgan fingerprint density at radius 2 is 1.78 bits per heavy atom. The van der Waals surface area contributed by atoms with Gasteiger partial charge in [0.2, 0.25) is 0 Å². The molecule has 4 rings (SSSR count). The van der Waals surface area contributed by atoms with Crippen molar-refractivity contribution in [3.63, 3.8) is 0 Å². The van der Waals surface area contributed by atoms with E-state index in [1.165, 1.54) is 0 Å². The quantitative estimate of drug-likeness (QED) is 0.698. The average Bonchev–Trinajstić information content (AvgIpc) is 3.34. The zero-order valence-electron chi connectivity index (χ0n) is 15.0. The van der Waals surface area contributed by atoms with Crippen molar-refractivity contribution in [1.29, 1.82) is 0 Å². The molecule has 5 heteroatoms. The number of carboxylic acids is 1. The van der Waals surface area contributed by atoms with Gasteiger partial charge in [-0.3, -0.25) is 0 Å². The van der Waals surface area contributed by atoms with E-state index in [-0.39, 0.29) is 17.8 Å². The summed E-state index contributed by atoms with van der Waals surface area (Å²) in [7, 11) is 0. The second kappa shape index (κ2) is 7.76. The molecule has 27 heavy (non-hydrogen) atoms. The molecular formula is C22H22N2O3. The van der Waals surface area contributed by atoms with Crippen molar-refractivity contribution in [2.45, 2.75) is 38.0 Å². The van der Waals surface area contributed by atoms with Crippen molar-refractivity contribution in [1.82, 2.24) is 9.55 Å². The highest BCUT2D eigenvalue weighted by molar-refractivity contribution is 5.93. The summed E-state index contributed by atoms with van der Waals surface area (Å²) in [6.07, 6.45) is 4.67. The maximum atomic E-state index is 11.7. The minimum atomic E-state index is -1.01. The van der Waals surface area contributed by atoms with E-state index in [9.17, 15) is 9.90 Å². The van der Waals surface area contributed by atoms with E-state index in [1.807, 2.05) is 53.1 Å². The molecule has 1 fully saturated rings. The summed E-state index contributed by atoms with van der Waals surface area (Å²) in [6.45, 7) is 0.559. The average molecular weight is 362 g/mol. The Balaban J connectivity index is 1.63. The summed E-state index contributed by atoms with van der Waals surface area (Å²) in [5, 5.41) is 9.59. The highest BCUT2D eigenvalue weighted by atomic mass is 16.5. The normalized spacial score (nSPS) is 19.3. The number of ether oxygens (including phenoxy) is 1. The first-order valence-electron chi connectivity index (χ1n) is 9.25. The maximum Gasteiger partial charge on any atom is 0.356 e. The molecule has 3 aromatic rings. The van der Waals surface area contributed by atoms with Crippen LogP contribution < -0.4 is 0 Å². The summed E-state index contributed by atoms with van der Waals surface area (Å²) in [5.41, 5.74) is 2.75. The number of hydrogen-bond acceptors (Lipinski definition) is 3. The third kappa shape index (κ3) is 3.64. The van der Waals surface area contributed by atoms with Crippen LogP contribution in [0.1, 0.15) is 41.4 Å². The van der Waals surface area contributed by atoms with E-state index in [0.717, 1.165) is 30.4 Å². The summed E-state index contributed by atoms with van der Waals surface area (Å²) < 4.78 is 8.22. The molecule has 138 valence electrons. The van der Waals surface area contributed by atoms with Crippen molar-refractivity contribution in [2.75, 3.05) is 0 Å². The minimum Gasteiger partial charge on any atom is -0.476 e. The molecule has 2 aromatic carbocycles. The van der Waals surface area contributed by atoms with Crippen LogP contribution in [0.4, 0.5) is 0 Å². The minimum absolute atomic E-state index is 0.0449. The SMILES string of the molecule is O=C(O)c1ncn([C@@H]2CCC[C@H]2OCc2ccccc2)c1-c1ccccc1. The monoisotopic (exact) mass is 362 g/mol. The molecule has 1 heterocycles. The number of aromatic carboxylic acids is 1. The second-order valence-corrected chi connectivity index (χ2v) is 6.85. The van der Waals surface area contributed by atoms with Crippen LogP contribution >= 0.6 is 0 Å². The lowest BCUT2D eigenvalue weighted by molar-refractivity contribution is 0.0198. The zero-order valence-corrected chi connectivity index (χ0v) is 15.0. The smallest absolute Gasteiger partial charge is 0.356 e. The molecule has 0 spiro atoms. The third-order valence-electron chi connectivity index (χ3n) is 5.13. The highest BCUT2D eigenvalue weighted by Crippen LogP contribution is 2.37. The van der Waals surface area contributed by atoms with E-state index < -0.39 is 5.97 Å². The van der Waals surface area contributed by atoms with Gasteiger partial charge in [0, 0.05) is 5.56 Å². The maximum absolute atomic E-state index is 11.7. The van der Waals surface area contributed by atoms with E-state index in [0.29, 0.717) is 12.3 Å². The van der Waals surface area contributed by atoms with Crippen molar-refractivity contribution < 1.29 is 14.6 Å². The Kier molecular flexibility index (Phi) is 5.03. The number of imidazole rings is 1. The Morgan fingerprint density at radius 1 is 1.07 bits per heavy atom. The lowest BCUT2D eigenvalue weighted by atomic mass is 10.1. The largest absolute Gasteiger partial charge is 0.476 e. The van der Waals surface area contributed by atoms with Gasteiger partial charge in [-0.25, -0.2) is 9.78 Å². The summed E-state index contributed by atoms with van der Waals surface area (Å²) in [4.78, 5) is 15.9. The first-order chi connectivity index (χ1) is 13.2. The predicted octanol–water partition coefficient (Wildman–Crippen LogP) is 4.56. The van der Waals surface area contributed by atoms with Crippen molar-refractivity contribution in [3.8, 4) is 11.3 Å². The molecule has 0 bridgehead atoms. The number of rotatable bonds is 6. The van der Waals surface area contributed by atoms with Crippen LogP contribution in [0.2, 0.25) is 0 Å². The Morgan fingerprint density at radius 3 is 2.48 bits per heavy atom. The fourth-order valence-electron chi connectivity index (χ4n) is 3.85. The van der Waals surface area contributed by atoms with Crippen LogP contribution in [0.5, 0.6) is 0 Å². The lowest BCUT2D eigenvalue weighted by Crippen LogP contribution is -2.22. The van der Waals surface area contributed by atoms with Crippen LogP contribution in [0.3, 0.4) is 0 Å². The number of nitrogens with zero attached hydrogens (tertiary/aromatic N) is 2. The first-order valence-corrected chi connectivity index (χ1v) is 9.25. The van der Waals surface area contributed by atoms with Gasteiger partial charge >= 0.3 is 5.97 Å². The van der Waals surface area contributed by atoms with Gasteiger partial charge in [0.1, 0.15) is 0 Å². The van der Waals surface area contributed by atoms with E-state index in [1.54, 1.807) is 6.33 Å². The fraction of sp³-hybridized carbons (Fsp3) is 0.273. The van der Waals surface area contributed by atoms with Gasteiger partial charge in [-0.15, -0.1) is 0 Å². The Labute approximate surface area is 158 Å². The van der Waals surface area contributed by atoms with Crippen molar-refractivity contribution >= 4 is 5.97 Å². The topological polar surface area (TPSA) is 64.3 Å². The van der Waals surface area contributed by atoms with Gasteiger partial charge in [-0.05, 0) is 24.8 Å². The number of aromatic nitrogens is 2. The molecule has 0 amide bonds. The molecule has 0 saturated heterocycles. The molecule has 0 radical (unpaired) electrons.